The normalized spacial score (nSPS) is 17.5. The molecule has 0 spiro atoms. The van der Waals surface area contributed by atoms with E-state index in [1.807, 2.05) is 18.2 Å². The molecule has 0 radical (unpaired) electrons. The van der Waals surface area contributed by atoms with Gasteiger partial charge in [-0.3, -0.25) is 4.90 Å². The summed E-state index contributed by atoms with van der Waals surface area (Å²) in [5, 5.41) is 3.39. The Morgan fingerprint density at radius 1 is 1.30 bits per heavy atom. The van der Waals surface area contributed by atoms with Crippen LogP contribution in [0.1, 0.15) is 18.0 Å². The molecular weight excluding hydrogens is 252 g/mol. The minimum absolute atomic E-state index is 0.291. The van der Waals surface area contributed by atoms with Crippen molar-refractivity contribution in [3.05, 3.63) is 36.4 Å². The second-order valence-electron chi connectivity index (χ2n) is 4.93. The van der Waals surface area contributed by atoms with Crippen LogP contribution in [-0.4, -0.2) is 45.3 Å². The number of hydrogen-bond acceptors (Lipinski definition) is 4. The SMILES string of the molecule is C=CC[C@@H](c1cc(OC)ccc1OC)N1CCNCC1. The van der Waals surface area contributed by atoms with E-state index in [1.165, 1.54) is 5.56 Å². The summed E-state index contributed by atoms with van der Waals surface area (Å²) in [4.78, 5) is 2.48. The Balaban J connectivity index is 2.33. The van der Waals surface area contributed by atoms with Crippen LogP contribution >= 0.6 is 0 Å². The minimum Gasteiger partial charge on any atom is -0.497 e. The summed E-state index contributed by atoms with van der Waals surface area (Å²) in [6.45, 7) is 8.04. The van der Waals surface area contributed by atoms with Crippen molar-refractivity contribution < 1.29 is 9.47 Å². The van der Waals surface area contributed by atoms with Crippen molar-refractivity contribution in [1.29, 1.82) is 0 Å². The number of methoxy groups -OCH3 is 2. The number of hydrogen-bond donors (Lipinski definition) is 1. The molecule has 1 atom stereocenters. The zero-order chi connectivity index (χ0) is 14.4. The van der Waals surface area contributed by atoms with Crippen molar-refractivity contribution >= 4 is 0 Å². The first-order chi connectivity index (χ1) is 9.80. The lowest BCUT2D eigenvalue weighted by molar-refractivity contribution is 0.171. The lowest BCUT2D eigenvalue weighted by Gasteiger charge is -2.35. The van der Waals surface area contributed by atoms with Crippen LogP contribution in [0.4, 0.5) is 0 Å². The first-order valence-electron chi connectivity index (χ1n) is 7.07. The van der Waals surface area contributed by atoms with E-state index in [4.69, 9.17) is 9.47 Å². The first-order valence-corrected chi connectivity index (χ1v) is 7.07. The average Bonchev–Trinajstić information content (AvgIpc) is 2.53. The van der Waals surface area contributed by atoms with Crippen molar-refractivity contribution in [1.82, 2.24) is 10.2 Å². The number of nitrogens with zero attached hydrogens (tertiary/aromatic N) is 1. The zero-order valence-corrected chi connectivity index (χ0v) is 12.4. The lowest BCUT2D eigenvalue weighted by atomic mass is 9.99. The predicted octanol–water partition coefficient (Wildman–Crippen LogP) is 2.23. The van der Waals surface area contributed by atoms with Crippen LogP contribution in [0.5, 0.6) is 11.5 Å². The molecule has 0 bridgehead atoms. The highest BCUT2D eigenvalue weighted by molar-refractivity contribution is 5.42. The van der Waals surface area contributed by atoms with Crippen molar-refractivity contribution in [2.24, 2.45) is 0 Å². The Bertz CT molecular complexity index is 442. The largest absolute Gasteiger partial charge is 0.497 e. The van der Waals surface area contributed by atoms with Crippen LogP contribution in [0.25, 0.3) is 0 Å². The van der Waals surface area contributed by atoms with Crippen molar-refractivity contribution in [2.45, 2.75) is 12.5 Å². The third-order valence-corrected chi connectivity index (χ3v) is 3.78. The van der Waals surface area contributed by atoms with Gasteiger partial charge in [-0.1, -0.05) is 6.08 Å². The fraction of sp³-hybridized carbons (Fsp3) is 0.500. The number of piperazine rings is 1. The van der Waals surface area contributed by atoms with Gasteiger partial charge in [0.1, 0.15) is 11.5 Å². The second kappa shape index (κ2) is 7.31. The van der Waals surface area contributed by atoms with Gasteiger partial charge in [0.05, 0.1) is 14.2 Å². The zero-order valence-electron chi connectivity index (χ0n) is 12.4. The average molecular weight is 276 g/mol. The van der Waals surface area contributed by atoms with Gasteiger partial charge >= 0.3 is 0 Å². The van der Waals surface area contributed by atoms with Gasteiger partial charge in [-0.2, -0.15) is 0 Å². The predicted molar refractivity (Wildman–Crippen MR) is 81.5 cm³/mol. The molecule has 110 valence electrons. The van der Waals surface area contributed by atoms with E-state index in [2.05, 4.69) is 22.9 Å². The number of nitrogens with one attached hydrogen (secondary N) is 1. The fourth-order valence-corrected chi connectivity index (χ4v) is 2.72. The van der Waals surface area contributed by atoms with E-state index in [-0.39, 0.29) is 0 Å². The minimum atomic E-state index is 0.291. The van der Waals surface area contributed by atoms with Gasteiger partial charge in [0.2, 0.25) is 0 Å². The summed E-state index contributed by atoms with van der Waals surface area (Å²) in [6.07, 6.45) is 2.88. The van der Waals surface area contributed by atoms with Crippen LogP contribution < -0.4 is 14.8 Å². The molecule has 1 aromatic carbocycles. The van der Waals surface area contributed by atoms with E-state index >= 15 is 0 Å². The highest BCUT2D eigenvalue weighted by Crippen LogP contribution is 2.35. The van der Waals surface area contributed by atoms with Crippen molar-refractivity contribution in [2.75, 3.05) is 40.4 Å². The van der Waals surface area contributed by atoms with Gasteiger partial charge in [-0.05, 0) is 24.6 Å². The summed E-state index contributed by atoms with van der Waals surface area (Å²) in [6, 6.07) is 6.28. The molecule has 4 heteroatoms. The molecule has 1 N–H and O–H groups in total. The third kappa shape index (κ3) is 3.32. The van der Waals surface area contributed by atoms with E-state index in [0.29, 0.717) is 6.04 Å². The first kappa shape index (κ1) is 14.9. The Hall–Kier alpha value is -1.52. The second-order valence-corrected chi connectivity index (χ2v) is 4.93. The summed E-state index contributed by atoms with van der Waals surface area (Å²) in [5.74, 6) is 1.78. The van der Waals surface area contributed by atoms with Gasteiger partial charge in [0, 0.05) is 37.8 Å². The summed E-state index contributed by atoms with van der Waals surface area (Å²) >= 11 is 0. The van der Waals surface area contributed by atoms with E-state index in [9.17, 15) is 0 Å². The van der Waals surface area contributed by atoms with Crippen LogP contribution in [-0.2, 0) is 0 Å². The van der Waals surface area contributed by atoms with Gasteiger partial charge in [0.25, 0.3) is 0 Å². The monoisotopic (exact) mass is 276 g/mol. The molecule has 4 nitrogen and oxygen atoms in total. The maximum atomic E-state index is 5.53. The smallest absolute Gasteiger partial charge is 0.123 e. The molecule has 1 aromatic rings. The fourth-order valence-electron chi connectivity index (χ4n) is 2.72. The molecule has 1 heterocycles. The highest BCUT2D eigenvalue weighted by atomic mass is 16.5. The topological polar surface area (TPSA) is 33.7 Å². The molecule has 0 saturated carbocycles. The van der Waals surface area contributed by atoms with Crippen LogP contribution in [0.2, 0.25) is 0 Å². The van der Waals surface area contributed by atoms with Gasteiger partial charge in [0.15, 0.2) is 0 Å². The lowest BCUT2D eigenvalue weighted by Crippen LogP contribution is -2.45. The Morgan fingerprint density at radius 3 is 2.65 bits per heavy atom. The van der Waals surface area contributed by atoms with Gasteiger partial charge in [-0.15, -0.1) is 6.58 Å². The van der Waals surface area contributed by atoms with E-state index in [1.54, 1.807) is 14.2 Å². The highest BCUT2D eigenvalue weighted by Gasteiger charge is 2.24. The van der Waals surface area contributed by atoms with Gasteiger partial charge in [-0.25, -0.2) is 0 Å². The molecule has 20 heavy (non-hydrogen) atoms. The van der Waals surface area contributed by atoms with Gasteiger partial charge < -0.3 is 14.8 Å². The number of rotatable bonds is 6. The molecule has 2 rings (SSSR count). The molecule has 0 aliphatic carbocycles. The molecule has 0 aromatic heterocycles. The summed E-state index contributed by atoms with van der Waals surface area (Å²) in [7, 11) is 3.41. The molecule has 1 aliphatic heterocycles. The molecule has 0 amide bonds. The Morgan fingerprint density at radius 2 is 2.05 bits per heavy atom. The molecule has 0 unspecified atom stereocenters. The Kier molecular flexibility index (Phi) is 5.44. The maximum absolute atomic E-state index is 5.53. The van der Waals surface area contributed by atoms with Crippen molar-refractivity contribution in [3.63, 3.8) is 0 Å². The quantitative estimate of drug-likeness (QED) is 0.808. The molecule has 1 saturated heterocycles. The van der Waals surface area contributed by atoms with Crippen LogP contribution in [0.15, 0.2) is 30.9 Å². The molecule has 1 fully saturated rings. The van der Waals surface area contributed by atoms with E-state index in [0.717, 1.165) is 44.1 Å². The number of ether oxygens (including phenoxy) is 2. The maximum Gasteiger partial charge on any atom is 0.123 e. The molecular formula is C16H24N2O2. The Labute approximate surface area is 121 Å². The summed E-state index contributed by atoms with van der Waals surface area (Å²) < 4.78 is 10.9. The van der Waals surface area contributed by atoms with Crippen LogP contribution in [0.3, 0.4) is 0 Å². The third-order valence-electron chi connectivity index (χ3n) is 3.78. The summed E-state index contributed by atoms with van der Waals surface area (Å²) in [5.41, 5.74) is 1.17. The molecule has 1 aliphatic rings. The van der Waals surface area contributed by atoms with Crippen molar-refractivity contribution in [3.8, 4) is 11.5 Å². The number of benzene rings is 1. The van der Waals surface area contributed by atoms with Crippen LogP contribution in [0, 0.1) is 0 Å². The van der Waals surface area contributed by atoms with E-state index < -0.39 is 0 Å². The standard InChI is InChI=1S/C16H24N2O2/c1-4-5-15(18-10-8-17-9-11-18)14-12-13(19-2)6-7-16(14)20-3/h4,6-7,12,15,17H,1,5,8-11H2,2-3H3/t15-/m0/s1.